The van der Waals surface area contributed by atoms with Crippen LogP contribution in [-0.4, -0.2) is 54.4 Å². The van der Waals surface area contributed by atoms with Gasteiger partial charge in [0.05, 0.1) is 19.3 Å². The molecule has 1 aromatic rings. The molecule has 0 aromatic carbocycles. The lowest BCUT2D eigenvalue weighted by Gasteiger charge is -2.37. The summed E-state index contributed by atoms with van der Waals surface area (Å²) >= 11 is 0. The molecule has 1 unspecified atom stereocenters. The van der Waals surface area contributed by atoms with Crippen molar-refractivity contribution in [3.8, 4) is 0 Å². The Balaban J connectivity index is 1.66. The summed E-state index contributed by atoms with van der Waals surface area (Å²) in [5, 5.41) is 0. The van der Waals surface area contributed by atoms with Crippen LogP contribution in [0.2, 0.25) is 0 Å². The summed E-state index contributed by atoms with van der Waals surface area (Å²) in [7, 11) is 0. The van der Waals surface area contributed by atoms with Crippen LogP contribution in [0, 0.1) is 12.8 Å². The lowest BCUT2D eigenvalue weighted by molar-refractivity contribution is -0.0293. The Kier molecular flexibility index (Phi) is 4.15. The number of imidazole rings is 1. The van der Waals surface area contributed by atoms with E-state index in [9.17, 15) is 0 Å². The lowest BCUT2D eigenvalue weighted by Crippen LogP contribution is -2.43. The molecule has 0 saturated carbocycles. The van der Waals surface area contributed by atoms with Crippen LogP contribution in [0.1, 0.15) is 30.4 Å². The van der Waals surface area contributed by atoms with Crippen LogP contribution in [0.4, 0.5) is 0 Å². The van der Waals surface area contributed by atoms with Gasteiger partial charge in [0.2, 0.25) is 0 Å². The second-order valence-electron chi connectivity index (χ2n) is 5.59. The summed E-state index contributed by atoms with van der Waals surface area (Å²) in [6, 6.07) is 0.283. The minimum atomic E-state index is 0.283. The Labute approximate surface area is 114 Å². The van der Waals surface area contributed by atoms with Gasteiger partial charge in [-0.1, -0.05) is 0 Å². The van der Waals surface area contributed by atoms with Gasteiger partial charge in [0.1, 0.15) is 5.82 Å². The third-order valence-corrected chi connectivity index (χ3v) is 4.11. The van der Waals surface area contributed by atoms with E-state index >= 15 is 0 Å². The number of rotatable bonds is 3. The van der Waals surface area contributed by atoms with Crippen LogP contribution >= 0.6 is 0 Å². The van der Waals surface area contributed by atoms with Gasteiger partial charge in [-0.2, -0.15) is 0 Å². The quantitative estimate of drug-likeness (QED) is 0.900. The fourth-order valence-electron chi connectivity index (χ4n) is 2.97. The van der Waals surface area contributed by atoms with E-state index in [2.05, 4.69) is 14.9 Å². The fourth-order valence-corrected chi connectivity index (χ4v) is 2.97. The molecule has 2 saturated heterocycles. The lowest BCUT2D eigenvalue weighted by atomic mass is 9.98. The van der Waals surface area contributed by atoms with Crippen molar-refractivity contribution >= 4 is 0 Å². The van der Waals surface area contributed by atoms with Crippen molar-refractivity contribution in [2.24, 2.45) is 5.92 Å². The van der Waals surface area contributed by atoms with E-state index in [1.54, 1.807) is 0 Å². The first-order valence-corrected chi connectivity index (χ1v) is 7.24. The largest absolute Gasteiger partial charge is 0.381 e. The van der Waals surface area contributed by atoms with Gasteiger partial charge in [-0.3, -0.25) is 4.90 Å². The Hall–Kier alpha value is -0.910. The zero-order valence-corrected chi connectivity index (χ0v) is 11.6. The maximum absolute atomic E-state index is 5.64. The first-order chi connectivity index (χ1) is 9.33. The predicted molar refractivity (Wildman–Crippen MR) is 72.0 cm³/mol. The molecule has 0 amide bonds. The molecule has 5 nitrogen and oxygen atoms in total. The second-order valence-corrected chi connectivity index (χ2v) is 5.59. The van der Waals surface area contributed by atoms with Crippen molar-refractivity contribution in [3.05, 3.63) is 17.7 Å². The molecule has 106 valence electrons. The summed E-state index contributed by atoms with van der Waals surface area (Å²) < 4.78 is 11.1. The van der Waals surface area contributed by atoms with E-state index in [1.165, 1.54) is 12.8 Å². The summed E-state index contributed by atoms with van der Waals surface area (Å²) in [6.07, 6.45) is 4.26. The molecule has 1 atom stereocenters. The van der Waals surface area contributed by atoms with E-state index in [1.807, 2.05) is 13.1 Å². The van der Waals surface area contributed by atoms with Gasteiger partial charge in [-0.15, -0.1) is 0 Å². The van der Waals surface area contributed by atoms with Gasteiger partial charge in [0, 0.05) is 38.2 Å². The van der Waals surface area contributed by atoms with Gasteiger partial charge in [-0.25, -0.2) is 4.98 Å². The average molecular weight is 265 g/mol. The molecular formula is C14H23N3O2. The molecule has 3 heterocycles. The van der Waals surface area contributed by atoms with E-state index in [0.29, 0.717) is 0 Å². The van der Waals surface area contributed by atoms with E-state index in [0.717, 1.165) is 57.0 Å². The zero-order chi connectivity index (χ0) is 13.1. The number of morpholine rings is 1. The molecule has 1 N–H and O–H groups in total. The van der Waals surface area contributed by atoms with Crippen LogP contribution in [-0.2, 0) is 9.47 Å². The van der Waals surface area contributed by atoms with Crippen molar-refractivity contribution in [2.75, 3.05) is 39.5 Å². The van der Waals surface area contributed by atoms with Gasteiger partial charge in [-0.05, 0) is 25.7 Å². The highest BCUT2D eigenvalue weighted by Gasteiger charge is 2.29. The number of hydrogen-bond donors (Lipinski definition) is 1. The van der Waals surface area contributed by atoms with Crippen LogP contribution in [0.5, 0.6) is 0 Å². The molecule has 3 rings (SSSR count). The minimum absolute atomic E-state index is 0.283. The number of aromatic nitrogens is 2. The van der Waals surface area contributed by atoms with Crippen molar-refractivity contribution in [1.29, 1.82) is 0 Å². The van der Waals surface area contributed by atoms with E-state index < -0.39 is 0 Å². The number of H-pyrrole nitrogens is 1. The van der Waals surface area contributed by atoms with Crippen LogP contribution < -0.4 is 0 Å². The van der Waals surface area contributed by atoms with Gasteiger partial charge >= 0.3 is 0 Å². The molecule has 0 bridgehead atoms. The fraction of sp³-hybridized carbons (Fsp3) is 0.786. The molecule has 2 aliphatic heterocycles. The Bertz CT molecular complexity index is 401. The molecule has 5 heteroatoms. The molecule has 2 aliphatic rings. The average Bonchev–Trinajstić information content (AvgIpc) is 2.87. The molecule has 0 spiro atoms. The van der Waals surface area contributed by atoms with Crippen molar-refractivity contribution in [2.45, 2.75) is 25.8 Å². The summed E-state index contributed by atoms with van der Waals surface area (Å²) in [5.41, 5.74) is 1.12. The van der Waals surface area contributed by atoms with Gasteiger partial charge in [0.25, 0.3) is 0 Å². The standard InChI is InChI=1S/C14H23N3O2/c1-11-8-15-14(16-11)13-10-19-7-4-17(13)9-12-2-5-18-6-3-12/h8,12-13H,2-7,9-10H2,1H3,(H,15,16). The monoisotopic (exact) mass is 265 g/mol. The maximum atomic E-state index is 5.64. The molecule has 0 aliphatic carbocycles. The second kappa shape index (κ2) is 6.03. The van der Waals surface area contributed by atoms with Gasteiger partial charge in [0.15, 0.2) is 0 Å². The van der Waals surface area contributed by atoms with Gasteiger partial charge < -0.3 is 14.5 Å². The normalized spacial score (nSPS) is 26.7. The molecule has 19 heavy (non-hydrogen) atoms. The highest BCUT2D eigenvalue weighted by molar-refractivity contribution is 5.04. The van der Waals surface area contributed by atoms with Crippen molar-refractivity contribution in [3.63, 3.8) is 0 Å². The smallest absolute Gasteiger partial charge is 0.126 e. The Morgan fingerprint density at radius 3 is 2.89 bits per heavy atom. The highest BCUT2D eigenvalue weighted by Crippen LogP contribution is 2.25. The minimum Gasteiger partial charge on any atom is -0.381 e. The molecule has 0 radical (unpaired) electrons. The Morgan fingerprint density at radius 1 is 1.32 bits per heavy atom. The SMILES string of the molecule is Cc1cnc(C2COCCN2CC2CCOCC2)[nH]1. The number of hydrogen-bond acceptors (Lipinski definition) is 4. The van der Waals surface area contributed by atoms with E-state index in [-0.39, 0.29) is 6.04 Å². The van der Waals surface area contributed by atoms with Crippen LogP contribution in [0.25, 0.3) is 0 Å². The number of ether oxygens (including phenoxy) is 2. The van der Waals surface area contributed by atoms with Crippen molar-refractivity contribution < 1.29 is 9.47 Å². The molecule has 2 fully saturated rings. The maximum Gasteiger partial charge on any atom is 0.126 e. The Morgan fingerprint density at radius 2 is 2.16 bits per heavy atom. The third kappa shape index (κ3) is 3.16. The zero-order valence-electron chi connectivity index (χ0n) is 11.6. The number of aryl methyl sites for hydroxylation is 1. The number of nitrogens with one attached hydrogen (secondary N) is 1. The number of aromatic amines is 1. The summed E-state index contributed by atoms with van der Waals surface area (Å²) in [6.45, 7) is 7.59. The summed E-state index contributed by atoms with van der Waals surface area (Å²) in [5.74, 6) is 1.80. The predicted octanol–water partition coefficient (Wildman–Crippen LogP) is 1.52. The van der Waals surface area contributed by atoms with E-state index in [4.69, 9.17) is 9.47 Å². The number of nitrogens with zero attached hydrogens (tertiary/aromatic N) is 2. The van der Waals surface area contributed by atoms with Crippen LogP contribution in [0.3, 0.4) is 0 Å². The topological polar surface area (TPSA) is 50.4 Å². The van der Waals surface area contributed by atoms with Crippen molar-refractivity contribution in [1.82, 2.24) is 14.9 Å². The first-order valence-electron chi connectivity index (χ1n) is 7.24. The third-order valence-electron chi connectivity index (χ3n) is 4.11. The molecule has 1 aromatic heterocycles. The van der Waals surface area contributed by atoms with Crippen LogP contribution in [0.15, 0.2) is 6.20 Å². The molecular weight excluding hydrogens is 242 g/mol. The highest BCUT2D eigenvalue weighted by atomic mass is 16.5. The first kappa shape index (κ1) is 13.1. The summed E-state index contributed by atoms with van der Waals surface area (Å²) in [4.78, 5) is 10.4.